The molecule has 0 unspecified atom stereocenters. The van der Waals surface area contributed by atoms with Crippen LogP contribution in [-0.4, -0.2) is 19.9 Å². The van der Waals surface area contributed by atoms with Gasteiger partial charge in [-0.25, -0.2) is 15.0 Å². The van der Waals surface area contributed by atoms with Crippen LogP contribution in [0, 0.1) is 6.92 Å². The van der Waals surface area contributed by atoms with Crippen LogP contribution in [-0.2, 0) is 0 Å². The van der Waals surface area contributed by atoms with E-state index in [0.29, 0.717) is 11.5 Å². The summed E-state index contributed by atoms with van der Waals surface area (Å²) in [4.78, 5) is 17.7. The highest BCUT2D eigenvalue weighted by Gasteiger charge is 2.10. The maximum absolute atomic E-state index is 4.71. The predicted molar refractivity (Wildman–Crippen MR) is 95.0 cm³/mol. The Kier molecular flexibility index (Phi) is 3.59. The van der Waals surface area contributed by atoms with Gasteiger partial charge in [0, 0.05) is 29.8 Å². The molecule has 0 radical (unpaired) electrons. The number of benzene rings is 1. The third kappa shape index (κ3) is 2.79. The normalized spacial score (nSPS) is 10.7. The van der Waals surface area contributed by atoms with Crippen molar-refractivity contribution < 1.29 is 0 Å². The Morgan fingerprint density at radius 2 is 1.62 bits per heavy atom. The van der Waals surface area contributed by atoms with Gasteiger partial charge in [0.05, 0.1) is 5.39 Å². The van der Waals surface area contributed by atoms with E-state index in [-0.39, 0.29) is 0 Å². The minimum atomic E-state index is 0.651. The van der Waals surface area contributed by atoms with E-state index in [9.17, 15) is 0 Å². The molecule has 1 N–H and O–H groups in total. The third-order valence-electron chi connectivity index (χ3n) is 3.72. The van der Waals surface area contributed by atoms with Crippen molar-refractivity contribution in [3.8, 4) is 11.4 Å². The lowest BCUT2D eigenvalue weighted by molar-refractivity contribution is 1.18. The average Bonchev–Trinajstić information content (AvgIpc) is 2.63. The van der Waals surface area contributed by atoms with E-state index >= 15 is 0 Å². The highest BCUT2D eigenvalue weighted by atomic mass is 15.1. The quantitative estimate of drug-likeness (QED) is 0.616. The first kappa shape index (κ1) is 14.3. The van der Waals surface area contributed by atoms with Gasteiger partial charge < -0.3 is 5.32 Å². The number of fused-ring (bicyclic) bond motifs is 1. The Morgan fingerprint density at radius 3 is 2.42 bits per heavy atom. The number of hydrogen-bond acceptors (Lipinski definition) is 5. The summed E-state index contributed by atoms with van der Waals surface area (Å²) < 4.78 is 0. The van der Waals surface area contributed by atoms with Crippen LogP contribution in [0.15, 0.2) is 67.1 Å². The van der Waals surface area contributed by atoms with Crippen molar-refractivity contribution in [2.45, 2.75) is 6.92 Å². The number of pyridine rings is 2. The summed E-state index contributed by atoms with van der Waals surface area (Å²) in [6.07, 6.45) is 5.22. The van der Waals surface area contributed by atoms with Crippen LogP contribution in [0.5, 0.6) is 0 Å². The molecule has 5 nitrogen and oxygen atoms in total. The van der Waals surface area contributed by atoms with Gasteiger partial charge in [-0.2, -0.15) is 0 Å². The van der Waals surface area contributed by atoms with Crippen molar-refractivity contribution in [1.29, 1.82) is 0 Å². The Balaban J connectivity index is 1.86. The second kappa shape index (κ2) is 6.04. The van der Waals surface area contributed by atoms with E-state index < -0.39 is 0 Å². The maximum Gasteiger partial charge on any atom is 0.165 e. The lowest BCUT2D eigenvalue weighted by Gasteiger charge is -2.10. The van der Waals surface area contributed by atoms with Gasteiger partial charge in [-0.05, 0) is 31.2 Å². The van der Waals surface area contributed by atoms with Gasteiger partial charge >= 0.3 is 0 Å². The third-order valence-corrected chi connectivity index (χ3v) is 3.72. The van der Waals surface area contributed by atoms with Crippen molar-refractivity contribution in [3.63, 3.8) is 0 Å². The van der Waals surface area contributed by atoms with Gasteiger partial charge in [0.25, 0.3) is 0 Å². The maximum atomic E-state index is 4.71. The molecule has 0 amide bonds. The minimum absolute atomic E-state index is 0.651. The fourth-order valence-electron chi connectivity index (χ4n) is 2.46. The van der Waals surface area contributed by atoms with Crippen LogP contribution >= 0.6 is 0 Å². The number of rotatable bonds is 3. The standard InChI is InChI=1S/C19H15N5/c1-13-4-6-14(7-5-13)17-23-18-16(3-2-10-21-18)19(24-17)22-15-8-11-20-12-9-15/h2-12H,1H3,(H,20,21,22,23,24). The molecule has 1 aromatic carbocycles. The molecular formula is C19H15N5. The summed E-state index contributed by atoms with van der Waals surface area (Å²) >= 11 is 0. The summed E-state index contributed by atoms with van der Waals surface area (Å²) in [6, 6.07) is 15.8. The lowest BCUT2D eigenvalue weighted by atomic mass is 10.1. The first-order valence-electron chi connectivity index (χ1n) is 7.66. The second-order valence-electron chi connectivity index (χ2n) is 5.50. The van der Waals surface area contributed by atoms with Gasteiger partial charge in [0.2, 0.25) is 0 Å². The summed E-state index contributed by atoms with van der Waals surface area (Å²) in [5.41, 5.74) is 3.75. The molecule has 0 aliphatic carbocycles. The monoisotopic (exact) mass is 313 g/mol. The van der Waals surface area contributed by atoms with Crippen LogP contribution < -0.4 is 5.32 Å². The molecule has 0 spiro atoms. The summed E-state index contributed by atoms with van der Waals surface area (Å²) in [6.45, 7) is 2.06. The number of hydrogen-bond donors (Lipinski definition) is 1. The highest BCUT2D eigenvalue weighted by molar-refractivity contribution is 5.89. The molecule has 0 aliphatic heterocycles. The number of aromatic nitrogens is 4. The molecule has 4 aromatic rings. The number of anilines is 2. The average molecular weight is 313 g/mol. The molecule has 5 heteroatoms. The topological polar surface area (TPSA) is 63.6 Å². The Bertz CT molecular complexity index is 981. The van der Waals surface area contributed by atoms with E-state index in [2.05, 4.69) is 39.3 Å². The van der Waals surface area contributed by atoms with Gasteiger partial charge in [-0.15, -0.1) is 0 Å². The van der Waals surface area contributed by atoms with Crippen molar-refractivity contribution in [2.75, 3.05) is 5.32 Å². The van der Waals surface area contributed by atoms with Crippen molar-refractivity contribution >= 4 is 22.5 Å². The minimum Gasteiger partial charge on any atom is -0.339 e. The Labute approximate surface area is 139 Å². The zero-order chi connectivity index (χ0) is 16.4. The van der Waals surface area contributed by atoms with Gasteiger partial charge in [0.1, 0.15) is 5.82 Å². The molecule has 116 valence electrons. The zero-order valence-electron chi connectivity index (χ0n) is 13.1. The van der Waals surface area contributed by atoms with E-state index in [1.165, 1.54) is 5.56 Å². The first-order chi connectivity index (χ1) is 11.8. The van der Waals surface area contributed by atoms with Crippen LogP contribution in [0.3, 0.4) is 0 Å². The molecule has 0 bridgehead atoms. The Morgan fingerprint density at radius 1 is 0.833 bits per heavy atom. The Hall–Kier alpha value is -3.34. The van der Waals surface area contributed by atoms with Gasteiger partial charge in [-0.1, -0.05) is 29.8 Å². The van der Waals surface area contributed by atoms with E-state index in [4.69, 9.17) is 4.98 Å². The zero-order valence-corrected chi connectivity index (χ0v) is 13.1. The van der Waals surface area contributed by atoms with Crippen LogP contribution in [0.1, 0.15) is 5.56 Å². The number of aryl methyl sites for hydroxylation is 1. The summed E-state index contributed by atoms with van der Waals surface area (Å²) in [5.74, 6) is 1.38. The molecule has 4 rings (SSSR count). The molecule has 0 saturated carbocycles. The molecule has 3 heterocycles. The molecule has 3 aromatic heterocycles. The first-order valence-corrected chi connectivity index (χ1v) is 7.66. The second-order valence-corrected chi connectivity index (χ2v) is 5.50. The van der Waals surface area contributed by atoms with E-state index in [1.54, 1.807) is 18.6 Å². The highest BCUT2D eigenvalue weighted by Crippen LogP contribution is 2.26. The summed E-state index contributed by atoms with van der Waals surface area (Å²) in [7, 11) is 0. The van der Waals surface area contributed by atoms with Gasteiger partial charge in [-0.3, -0.25) is 4.98 Å². The van der Waals surface area contributed by atoms with Crippen LogP contribution in [0.4, 0.5) is 11.5 Å². The van der Waals surface area contributed by atoms with Gasteiger partial charge in [0.15, 0.2) is 11.5 Å². The SMILES string of the molecule is Cc1ccc(-c2nc(Nc3ccncc3)c3cccnc3n2)cc1. The van der Waals surface area contributed by atoms with Crippen molar-refractivity contribution in [1.82, 2.24) is 19.9 Å². The molecular weight excluding hydrogens is 298 g/mol. The molecule has 0 fully saturated rings. The van der Waals surface area contributed by atoms with E-state index in [1.807, 2.05) is 36.4 Å². The molecule has 0 aliphatic rings. The smallest absolute Gasteiger partial charge is 0.165 e. The van der Waals surface area contributed by atoms with E-state index in [0.717, 1.165) is 22.5 Å². The van der Waals surface area contributed by atoms with Crippen molar-refractivity contribution in [2.24, 2.45) is 0 Å². The van der Waals surface area contributed by atoms with Crippen molar-refractivity contribution in [3.05, 3.63) is 72.7 Å². The largest absolute Gasteiger partial charge is 0.339 e. The fourth-order valence-corrected chi connectivity index (χ4v) is 2.46. The predicted octanol–water partition coefficient (Wildman–Crippen LogP) is 4.14. The number of nitrogens with zero attached hydrogens (tertiary/aromatic N) is 4. The summed E-state index contributed by atoms with van der Waals surface area (Å²) in [5, 5.41) is 4.22. The fraction of sp³-hybridized carbons (Fsp3) is 0.0526. The number of nitrogens with one attached hydrogen (secondary N) is 1. The molecule has 0 saturated heterocycles. The van der Waals surface area contributed by atoms with Crippen LogP contribution in [0.2, 0.25) is 0 Å². The molecule has 0 atom stereocenters. The lowest BCUT2D eigenvalue weighted by Crippen LogP contribution is -2.00. The molecule has 24 heavy (non-hydrogen) atoms. The van der Waals surface area contributed by atoms with Crippen LogP contribution in [0.25, 0.3) is 22.4 Å².